The van der Waals surface area contributed by atoms with Crippen LogP contribution in [0.15, 0.2) is 48.5 Å². The number of benzene rings is 2. The Kier molecular flexibility index (Phi) is 5.52. The Morgan fingerprint density at radius 3 is 2.43 bits per heavy atom. The SMILES string of the molecule is CCc1cccc(NC(C)C(=O)Nc2cccc(C(C)=O)c2)c1. The molecule has 0 aliphatic rings. The fraction of sp³-hybridized carbons (Fsp3) is 0.263. The molecule has 0 heterocycles. The number of carbonyl (C=O) groups excluding carboxylic acids is 2. The number of nitrogens with one attached hydrogen (secondary N) is 2. The van der Waals surface area contributed by atoms with E-state index in [1.165, 1.54) is 12.5 Å². The lowest BCUT2D eigenvalue weighted by atomic mass is 10.1. The summed E-state index contributed by atoms with van der Waals surface area (Å²) < 4.78 is 0. The van der Waals surface area contributed by atoms with Crippen molar-refractivity contribution in [3.63, 3.8) is 0 Å². The molecule has 1 unspecified atom stereocenters. The van der Waals surface area contributed by atoms with Crippen molar-refractivity contribution >= 4 is 23.1 Å². The summed E-state index contributed by atoms with van der Waals surface area (Å²) in [5.41, 5.74) is 3.35. The first-order valence-electron chi connectivity index (χ1n) is 7.77. The Balaban J connectivity index is 2.02. The van der Waals surface area contributed by atoms with Crippen LogP contribution < -0.4 is 10.6 Å². The van der Waals surface area contributed by atoms with Crippen molar-refractivity contribution in [3.8, 4) is 0 Å². The highest BCUT2D eigenvalue weighted by Gasteiger charge is 2.13. The molecule has 2 N–H and O–H groups in total. The van der Waals surface area contributed by atoms with Crippen LogP contribution in [0.2, 0.25) is 0 Å². The molecule has 2 aromatic rings. The number of ketones is 1. The van der Waals surface area contributed by atoms with E-state index < -0.39 is 0 Å². The predicted octanol–water partition coefficient (Wildman–Crippen LogP) is 3.89. The Morgan fingerprint density at radius 2 is 1.74 bits per heavy atom. The Labute approximate surface area is 136 Å². The van der Waals surface area contributed by atoms with Gasteiger partial charge in [-0.3, -0.25) is 9.59 Å². The van der Waals surface area contributed by atoms with Crippen molar-refractivity contribution in [1.82, 2.24) is 0 Å². The van der Waals surface area contributed by atoms with Crippen LogP contribution in [-0.4, -0.2) is 17.7 Å². The molecule has 0 spiro atoms. The van der Waals surface area contributed by atoms with Crippen LogP contribution >= 0.6 is 0 Å². The van der Waals surface area contributed by atoms with Crippen molar-refractivity contribution < 1.29 is 9.59 Å². The third kappa shape index (κ3) is 4.68. The lowest BCUT2D eigenvalue weighted by Gasteiger charge is -2.16. The Bertz CT molecular complexity index is 710. The van der Waals surface area contributed by atoms with Gasteiger partial charge in [0.2, 0.25) is 5.91 Å². The van der Waals surface area contributed by atoms with Crippen molar-refractivity contribution in [2.75, 3.05) is 10.6 Å². The average molecular weight is 310 g/mol. The molecule has 0 aliphatic carbocycles. The number of Topliss-reactive ketones (excluding diaryl/α,β-unsaturated/α-hetero) is 1. The molecule has 120 valence electrons. The third-order valence-corrected chi connectivity index (χ3v) is 3.65. The van der Waals surface area contributed by atoms with E-state index >= 15 is 0 Å². The molecule has 0 radical (unpaired) electrons. The number of aryl methyl sites for hydroxylation is 1. The van der Waals surface area contributed by atoms with Gasteiger partial charge in [0.05, 0.1) is 0 Å². The third-order valence-electron chi connectivity index (χ3n) is 3.65. The normalized spacial score (nSPS) is 11.6. The average Bonchev–Trinajstić information content (AvgIpc) is 2.55. The minimum Gasteiger partial charge on any atom is -0.374 e. The van der Waals surface area contributed by atoms with Crippen LogP contribution in [0, 0.1) is 0 Å². The van der Waals surface area contributed by atoms with Gasteiger partial charge >= 0.3 is 0 Å². The van der Waals surface area contributed by atoms with E-state index in [4.69, 9.17) is 0 Å². The summed E-state index contributed by atoms with van der Waals surface area (Å²) in [6, 6.07) is 14.6. The van der Waals surface area contributed by atoms with Gasteiger partial charge in [-0.2, -0.15) is 0 Å². The van der Waals surface area contributed by atoms with E-state index in [2.05, 4.69) is 23.6 Å². The molecule has 23 heavy (non-hydrogen) atoms. The molecular formula is C19H22N2O2. The quantitative estimate of drug-likeness (QED) is 0.796. The van der Waals surface area contributed by atoms with E-state index in [-0.39, 0.29) is 17.7 Å². The highest BCUT2D eigenvalue weighted by Crippen LogP contribution is 2.14. The number of hydrogen-bond acceptors (Lipinski definition) is 3. The smallest absolute Gasteiger partial charge is 0.246 e. The van der Waals surface area contributed by atoms with E-state index in [0.29, 0.717) is 11.3 Å². The van der Waals surface area contributed by atoms with Gasteiger partial charge in [0.25, 0.3) is 0 Å². The maximum absolute atomic E-state index is 12.3. The van der Waals surface area contributed by atoms with Gasteiger partial charge in [-0.15, -0.1) is 0 Å². The minimum absolute atomic E-state index is 0.0244. The van der Waals surface area contributed by atoms with Crippen molar-refractivity contribution in [2.45, 2.75) is 33.2 Å². The second-order valence-corrected chi connectivity index (χ2v) is 5.55. The highest BCUT2D eigenvalue weighted by atomic mass is 16.2. The van der Waals surface area contributed by atoms with Gasteiger partial charge in [0.1, 0.15) is 6.04 Å². The zero-order valence-electron chi connectivity index (χ0n) is 13.7. The number of rotatable bonds is 6. The zero-order valence-corrected chi connectivity index (χ0v) is 13.7. The van der Waals surface area contributed by atoms with Gasteiger partial charge in [-0.25, -0.2) is 0 Å². The Hall–Kier alpha value is -2.62. The van der Waals surface area contributed by atoms with Crippen LogP contribution in [-0.2, 0) is 11.2 Å². The second kappa shape index (κ2) is 7.58. The number of carbonyl (C=O) groups is 2. The summed E-state index contributed by atoms with van der Waals surface area (Å²) in [6.45, 7) is 5.41. The molecule has 0 fully saturated rings. The van der Waals surface area contributed by atoms with Gasteiger partial charge < -0.3 is 10.6 Å². The summed E-state index contributed by atoms with van der Waals surface area (Å²) in [6.07, 6.45) is 0.952. The summed E-state index contributed by atoms with van der Waals surface area (Å²) in [7, 11) is 0. The van der Waals surface area contributed by atoms with Crippen molar-refractivity contribution in [3.05, 3.63) is 59.7 Å². The van der Waals surface area contributed by atoms with E-state index in [1.807, 2.05) is 25.1 Å². The van der Waals surface area contributed by atoms with Gasteiger partial charge in [0, 0.05) is 16.9 Å². The first-order chi connectivity index (χ1) is 11.0. The van der Waals surface area contributed by atoms with Crippen LogP contribution in [0.1, 0.15) is 36.7 Å². The molecule has 0 saturated carbocycles. The van der Waals surface area contributed by atoms with E-state index in [1.54, 1.807) is 24.3 Å². The number of amides is 1. The highest BCUT2D eigenvalue weighted by molar-refractivity contribution is 5.99. The molecule has 0 aliphatic heterocycles. The van der Waals surface area contributed by atoms with Crippen molar-refractivity contribution in [1.29, 1.82) is 0 Å². The maximum Gasteiger partial charge on any atom is 0.246 e. The Morgan fingerprint density at radius 1 is 1.04 bits per heavy atom. The first kappa shape index (κ1) is 16.7. The first-order valence-corrected chi connectivity index (χ1v) is 7.77. The number of hydrogen-bond donors (Lipinski definition) is 2. The molecule has 2 rings (SSSR count). The molecule has 2 aromatic carbocycles. The standard InChI is InChI=1S/C19H22N2O2/c1-4-15-7-5-9-17(11-15)20-13(2)19(23)21-18-10-6-8-16(12-18)14(3)22/h5-13,20H,4H2,1-3H3,(H,21,23). The van der Waals surface area contributed by atoms with Crippen LogP contribution in [0.5, 0.6) is 0 Å². The molecule has 4 nitrogen and oxygen atoms in total. The van der Waals surface area contributed by atoms with E-state index in [9.17, 15) is 9.59 Å². The molecule has 0 saturated heterocycles. The van der Waals surface area contributed by atoms with Crippen LogP contribution in [0.25, 0.3) is 0 Å². The van der Waals surface area contributed by atoms with Crippen LogP contribution in [0.4, 0.5) is 11.4 Å². The largest absolute Gasteiger partial charge is 0.374 e. The summed E-state index contributed by atoms with van der Waals surface area (Å²) in [5, 5.41) is 6.03. The zero-order chi connectivity index (χ0) is 16.8. The lowest BCUT2D eigenvalue weighted by Crippen LogP contribution is -2.31. The molecule has 0 aromatic heterocycles. The lowest BCUT2D eigenvalue weighted by molar-refractivity contribution is -0.116. The topological polar surface area (TPSA) is 58.2 Å². The molecule has 4 heteroatoms. The monoisotopic (exact) mass is 310 g/mol. The second-order valence-electron chi connectivity index (χ2n) is 5.55. The summed E-state index contributed by atoms with van der Waals surface area (Å²) in [5.74, 6) is -0.170. The number of anilines is 2. The van der Waals surface area contributed by atoms with Gasteiger partial charge in [-0.05, 0) is 50.1 Å². The fourth-order valence-electron chi connectivity index (χ4n) is 2.26. The minimum atomic E-state index is -0.386. The fourth-order valence-corrected chi connectivity index (χ4v) is 2.26. The molecule has 0 bridgehead atoms. The molecule has 1 amide bonds. The summed E-state index contributed by atoms with van der Waals surface area (Å²) in [4.78, 5) is 23.7. The van der Waals surface area contributed by atoms with Crippen molar-refractivity contribution in [2.24, 2.45) is 0 Å². The molecule has 1 atom stereocenters. The predicted molar refractivity (Wildman–Crippen MR) is 94.0 cm³/mol. The van der Waals surface area contributed by atoms with E-state index in [0.717, 1.165) is 12.1 Å². The van der Waals surface area contributed by atoms with Crippen LogP contribution in [0.3, 0.4) is 0 Å². The van der Waals surface area contributed by atoms with Gasteiger partial charge in [0.15, 0.2) is 5.78 Å². The summed E-state index contributed by atoms with van der Waals surface area (Å²) >= 11 is 0. The maximum atomic E-state index is 12.3. The van der Waals surface area contributed by atoms with Gasteiger partial charge in [-0.1, -0.05) is 31.2 Å². The molecular weight excluding hydrogens is 288 g/mol.